The highest BCUT2D eigenvalue weighted by Gasteiger charge is 2.21. The van der Waals surface area contributed by atoms with Gasteiger partial charge >= 0.3 is 0 Å². The molecular weight excluding hydrogens is 326 g/mol. The summed E-state index contributed by atoms with van der Waals surface area (Å²) in [6.07, 6.45) is 0.404. The highest BCUT2D eigenvalue weighted by molar-refractivity contribution is 5.79. The summed E-state index contributed by atoms with van der Waals surface area (Å²) in [5.74, 6) is 0.934. The largest absolute Gasteiger partial charge is 0.497 e. The molecule has 26 heavy (non-hydrogen) atoms. The SMILES string of the molecule is COc1cccc(CC(=O)N2CCN(Cc3cccc(C#N)c3)CC2)c1. The van der Waals surface area contributed by atoms with Crippen LogP contribution in [0.4, 0.5) is 0 Å². The van der Waals surface area contributed by atoms with Crippen molar-refractivity contribution >= 4 is 5.91 Å². The minimum absolute atomic E-state index is 0.157. The second-order valence-corrected chi connectivity index (χ2v) is 6.50. The Morgan fingerprint density at radius 1 is 1.08 bits per heavy atom. The van der Waals surface area contributed by atoms with Gasteiger partial charge in [0.15, 0.2) is 0 Å². The van der Waals surface area contributed by atoms with Gasteiger partial charge in [-0.1, -0.05) is 24.3 Å². The van der Waals surface area contributed by atoms with Crippen LogP contribution in [0.15, 0.2) is 48.5 Å². The third-order valence-electron chi connectivity index (χ3n) is 4.68. The fourth-order valence-electron chi connectivity index (χ4n) is 3.22. The molecular formula is C21H23N3O2. The van der Waals surface area contributed by atoms with Crippen LogP contribution < -0.4 is 4.74 Å². The maximum Gasteiger partial charge on any atom is 0.227 e. The lowest BCUT2D eigenvalue weighted by molar-refractivity contribution is -0.132. The van der Waals surface area contributed by atoms with Crippen molar-refractivity contribution in [2.75, 3.05) is 33.3 Å². The first-order valence-electron chi connectivity index (χ1n) is 8.80. The maximum absolute atomic E-state index is 12.5. The maximum atomic E-state index is 12.5. The van der Waals surface area contributed by atoms with E-state index in [0.717, 1.165) is 49.6 Å². The lowest BCUT2D eigenvalue weighted by atomic mass is 10.1. The van der Waals surface area contributed by atoms with Crippen molar-refractivity contribution in [3.8, 4) is 11.8 Å². The highest BCUT2D eigenvalue weighted by atomic mass is 16.5. The van der Waals surface area contributed by atoms with E-state index >= 15 is 0 Å². The van der Waals surface area contributed by atoms with Crippen LogP contribution in [0.2, 0.25) is 0 Å². The monoisotopic (exact) mass is 349 g/mol. The molecule has 0 saturated carbocycles. The molecule has 2 aromatic rings. The van der Waals surface area contributed by atoms with Crippen molar-refractivity contribution in [1.29, 1.82) is 5.26 Å². The van der Waals surface area contributed by atoms with E-state index in [1.165, 1.54) is 0 Å². The lowest BCUT2D eigenvalue weighted by Gasteiger charge is -2.35. The van der Waals surface area contributed by atoms with E-state index in [9.17, 15) is 4.79 Å². The fraction of sp³-hybridized carbons (Fsp3) is 0.333. The number of nitrogens with zero attached hydrogens (tertiary/aromatic N) is 3. The molecule has 2 aromatic carbocycles. The molecule has 134 valence electrons. The molecule has 0 radical (unpaired) electrons. The van der Waals surface area contributed by atoms with Crippen molar-refractivity contribution in [2.24, 2.45) is 0 Å². The summed E-state index contributed by atoms with van der Waals surface area (Å²) in [6.45, 7) is 3.98. The Kier molecular flexibility index (Phi) is 5.88. The highest BCUT2D eigenvalue weighted by Crippen LogP contribution is 2.15. The lowest BCUT2D eigenvalue weighted by Crippen LogP contribution is -2.48. The van der Waals surface area contributed by atoms with Gasteiger partial charge in [0.25, 0.3) is 0 Å². The van der Waals surface area contributed by atoms with Gasteiger partial charge in [0.1, 0.15) is 5.75 Å². The van der Waals surface area contributed by atoms with Gasteiger partial charge in [0.05, 0.1) is 25.2 Å². The first-order valence-corrected chi connectivity index (χ1v) is 8.80. The van der Waals surface area contributed by atoms with E-state index in [2.05, 4.69) is 11.0 Å². The third kappa shape index (κ3) is 4.62. The Bertz CT molecular complexity index is 805. The molecule has 3 rings (SSSR count). The van der Waals surface area contributed by atoms with Gasteiger partial charge < -0.3 is 9.64 Å². The summed E-state index contributed by atoms with van der Waals surface area (Å²) in [6, 6.07) is 17.6. The molecule has 1 fully saturated rings. The van der Waals surface area contributed by atoms with Gasteiger partial charge in [0, 0.05) is 32.7 Å². The van der Waals surface area contributed by atoms with Crippen molar-refractivity contribution in [1.82, 2.24) is 9.80 Å². The Labute approximate surface area is 154 Å². The molecule has 1 heterocycles. The Morgan fingerprint density at radius 3 is 2.54 bits per heavy atom. The summed E-state index contributed by atoms with van der Waals surface area (Å²) in [5.41, 5.74) is 2.81. The van der Waals surface area contributed by atoms with Crippen molar-refractivity contribution in [2.45, 2.75) is 13.0 Å². The number of carbonyl (C=O) groups excluding carboxylic acids is 1. The van der Waals surface area contributed by atoms with Crippen LogP contribution in [-0.2, 0) is 17.8 Å². The van der Waals surface area contributed by atoms with Crippen LogP contribution in [0.3, 0.4) is 0 Å². The number of ether oxygens (including phenoxy) is 1. The van der Waals surface area contributed by atoms with Gasteiger partial charge in [-0.15, -0.1) is 0 Å². The topological polar surface area (TPSA) is 56.6 Å². The number of benzene rings is 2. The van der Waals surface area contributed by atoms with Crippen LogP contribution in [0.5, 0.6) is 5.75 Å². The number of hydrogen-bond acceptors (Lipinski definition) is 4. The summed E-state index contributed by atoms with van der Waals surface area (Å²) < 4.78 is 5.22. The first kappa shape index (κ1) is 18.0. The zero-order valence-electron chi connectivity index (χ0n) is 15.0. The van der Waals surface area contributed by atoms with Crippen LogP contribution >= 0.6 is 0 Å². The predicted octanol–water partition coefficient (Wildman–Crippen LogP) is 2.45. The number of hydrogen-bond donors (Lipinski definition) is 0. The quantitative estimate of drug-likeness (QED) is 0.832. The summed E-state index contributed by atoms with van der Waals surface area (Å²) in [5, 5.41) is 9.00. The molecule has 1 aliphatic rings. The number of rotatable bonds is 5. The van der Waals surface area contributed by atoms with Crippen molar-refractivity contribution in [3.63, 3.8) is 0 Å². The number of methoxy groups -OCH3 is 1. The first-order chi connectivity index (χ1) is 12.7. The molecule has 0 aromatic heterocycles. The van der Waals surface area contributed by atoms with Crippen LogP contribution in [0, 0.1) is 11.3 Å². The molecule has 0 N–H and O–H groups in total. The van der Waals surface area contributed by atoms with Gasteiger partial charge in [-0.25, -0.2) is 0 Å². The number of carbonyl (C=O) groups is 1. The van der Waals surface area contributed by atoms with Crippen LogP contribution in [-0.4, -0.2) is 49.0 Å². The molecule has 1 aliphatic heterocycles. The van der Waals surface area contributed by atoms with E-state index in [-0.39, 0.29) is 5.91 Å². The average Bonchev–Trinajstić information content (AvgIpc) is 2.69. The molecule has 0 bridgehead atoms. The van der Waals surface area contributed by atoms with E-state index in [1.54, 1.807) is 7.11 Å². The van der Waals surface area contributed by atoms with Crippen LogP contribution in [0.1, 0.15) is 16.7 Å². The van der Waals surface area contributed by atoms with E-state index < -0.39 is 0 Å². The van der Waals surface area contributed by atoms with E-state index in [0.29, 0.717) is 12.0 Å². The van der Waals surface area contributed by atoms with Crippen molar-refractivity contribution in [3.05, 3.63) is 65.2 Å². The second-order valence-electron chi connectivity index (χ2n) is 6.50. The normalized spacial score (nSPS) is 14.7. The smallest absolute Gasteiger partial charge is 0.227 e. The molecule has 5 nitrogen and oxygen atoms in total. The zero-order valence-corrected chi connectivity index (χ0v) is 15.0. The molecule has 5 heteroatoms. The Hall–Kier alpha value is -2.84. The molecule has 1 amide bonds. The molecule has 0 atom stereocenters. The Balaban J connectivity index is 1.51. The van der Waals surface area contributed by atoms with Gasteiger partial charge in [-0.2, -0.15) is 5.26 Å². The van der Waals surface area contributed by atoms with E-state index in [4.69, 9.17) is 10.00 Å². The standard InChI is InChI=1S/C21H23N3O2/c1-26-20-7-3-4-17(13-20)14-21(25)24-10-8-23(9-11-24)16-19-6-2-5-18(12-19)15-22/h2-7,12-13H,8-11,14,16H2,1H3. The summed E-state index contributed by atoms with van der Waals surface area (Å²) in [7, 11) is 1.63. The fourth-order valence-corrected chi connectivity index (χ4v) is 3.22. The molecule has 1 saturated heterocycles. The average molecular weight is 349 g/mol. The van der Waals surface area contributed by atoms with Gasteiger partial charge in [-0.05, 0) is 35.4 Å². The summed E-state index contributed by atoms with van der Waals surface area (Å²) >= 11 is 0. The van der Waals surface area contributed by atoms with Gasteiger partial charge in [-0.3, -0.25) is 9.69 Å². The number of amides is 1. The third-order valence-corrected chi connectivity index (χ3v) is 4.68. The van der Waals surface area contributed by atoms with Crippen LogP contribution in [0.25, 0.3) is 0 Å². The minimum atomic E-state index is 0.157. The number of piperazine rings is 1. The predicted molar refractivity (Wildman–Crippen MR) is 99.7 cm³/mol. The number of nitriles is 1. The minimum Gasteiger partial charge on any atom is -0.497 e. The molecule has 0 unspecified atom stereocenters. The molecule has 0 aliphatic carbocycles. The van der Waals surface area contributed by atoms with Gasteiger partial charge in [0.2, 0.25) is 5.91 Å². The van der Waals surface area contributed by atoms with E-state index in [1.807, 2.05) is 53.4 Å². The Morgan fingerprint density at radius 2 is 1.81 bits per heavy atom. The zero-order chi connectivity index (χ0) is 18.4. The molecule has 0 spiro atoms. The second kappa shape index (κ2) is 8.50. The van der Waals surface area contributed by atoms with Crippen molar-refractivity contribution < 1.29 is 9.53 Å². The summed E-state index contributed by atoms with van der Waals surface area (Å²) in [4.78, 5) is 16.8.